The average molecular weight is 428 g/mol. The van der Waals surface area contributed by atoms with Gasteiger partial charge < -0.3 is 24.4 Å². The molecule has 8 heteroatoms. The number of para-hydroxylation sites is 1. The Morgan fingerprint density at radius 1 is 1.19 bits per heavy atom. The standard InChI is InChI=1S/C23H25FN2O5/c1-23(2)13-19(28)22-18(27)11-15(12-20(22)31-23)30-14-21(29)26-9-7-25(8-10-26)17-6-4-3-5-16(17)24/h3-6,11-12,27H,7-10,13-14H2,1-2H3. The molecule has 164 valence electrons. The molecular formula is C23H25FN2O5. The van der Waals surface area contributed by atoms with Crippen molar-refractivity contribution < 1.29 is 28.6 Å². The van der Waals surface area contributed by atoms with E-state index in [2.05, 4.69) is 0 Å². The highest BCUT2D eigenvalue weighted by molar-refractivity contribution is 6.03. The molecule has 0 spiro atoms. The second-order valence-corrected chi connectivity index (χ2v) is 8.39. The number of ether oxygens (including phenoxy) is 2. The van der Waals surface area contributed by atoms with Crippen LogP contribution in [-0.2, 0) is 4.79 Å². The molecule has 2 aromatic carbocycles. The SMILES string of the molecule is CC1(C)CC(=O)c2c(O)cc(OCC(=O)N3CCN(c4ccccc4F)CC3)cc2O1. The van der Waals surface area contributed by atoms with Gasteiger partial charge in [0.15, 0.2) is 12.4 Å². The number of hydrogen-bond acceptors (Lipinski definition) is 6. The summed E-state index contributed by atoms with van der Waals surface area (Å²) in [4.78, 5) is 28.4. The lowest BCUT2D eigenvalue weighted by atomic mass is 9.92. The van der Waals surface area contributed by atoms with Crippen LogP contribution in [0.3, 0.4) is 0 Å². The lowest BCUT2D eigenvalue weighted by Crippen LogP contribution is -2.50. The highest BCUT2D eigenvalue weighted by atomic mass is 19.1. The van der Waals surface area contributed by atoms with Crippen LogP contribution in [0.2, 0.25) is 0 Å². The lowest BCUT2D eigenvalue weighted by molar-refractivity contribution is -0.133. The van der Waals surface area contributed by atoms with Crippen LogP contribution >= 0.6 is 0 Å². The van der Waals surface area contributed by atoms with Crippen LogP contribution in [0.1, 0.15) is 30.6 Å². The first kappa shape index (κ1) is 21.0. The van der Waals surface area contributed by atoms with Gasteiger partial charge in [0.1, 0.15) is 34.2 Å². The van der Waals surface area contributed by atoms with Crippen LogP contribution in [0.4, 0.5) is 10.1 Å². The van der Waals surface area contributed by atoms with Crippen molar-refractivity contribution in [1.82, 2.24) is 4.90 Å². The zero-order valence-corrected chi connectivity index (χ0v) is 17.6. The molecule has 2 aromatic rings. The van der Waals surface area contributed by atoms with Crippen LogP contribution in [0.5, 0.6) is 17.2 Å². The maximum Gasteiger partial charge on any atom is 0.260 e. The fraction of sp³-hybridized carbons (Fsp3) is 0.391. The monoisotopic (exact) mass is 428 g/mol. The molecule has 2 aliphatic rings. The zero-order valence-electron chi connectivity index (χ0n) is 17.6. The van der Waals surface area contributed by atoms with Crippen LogP contribution in [0.15, 0.2) is 36.4 Å². The smallest absolute Gasteiger partial charge is 0.260 e. The minimum absolute atomic E-state index is 0.141. The van der Waals surface area contributed by atoms with Crippen molar-refractivity contribution in [3.63, 3.8) is 0 Å². The largest absolute Gasteiger partial charge is 0.507 e. The van der Waals surface area contributed by atoms with Crippen LogP contribution in [-0.4, -0.2) is 60.1 Å². The molecule has 1 N–H and O–H groups in total. The van der Waals surface area contributed by atoms with E-state index in [1.807, 2.05) is 4.90 Å². The van der Waals surface area contributed by atoms with Crippen molar-refractivity contribution in [2.24, 2.45) is 0 Å². The van der Waals surface area contributed by atoms with E-state index in [-0.39, 0.29) is 53.3 Å². The van der Waals surface area contributed by atoms with Crippen molar-refractivity contribution in [1.29, 1.82) is 0 Å². The minimum Gasteiger partial charge on any atom is -0.507 e. The molecule has 1 fully saturated rings. The molecule has 0 atom stereocenters. The first-order chi connectivity index (χ1) is 14.7. The minimum atomic E-state index is -0.678. The summed E-state index contributed by atoms with van der Waals surface area (Å²) in [6, 6.07) is 9.44. The van der Waals surface area contributed by atoms with Crippen molar-refractivity contribution >= 4 is 17.4 Å². The molecule has 0 saturated carbocycles. The number of carbonyl (C=O) groups is 2. The Hall–Kier alpha value is -3.29. The lowest BCUT2D eigenvalue weighted by Gasteiger charge is -2.36. The van der Waals surface area contributed by atoms with Crippen molar-refractivity contribution in [2.45, 2.75) is 25.9 Å². The highest BCUT2D eigenvalue weighted by Crippen LogP contribution is 2.40. The first-order valence-corrected chi connectivity index (χ1v) is 10.2. The van der Waals surface area contributed by atoms with E-state index in [1.54, 1.807) is 36.9 Å². The topological polar surface area (TPSA) is 79.3 Å². The molecule has 1 saturated heterocycles. The van der Waals surface area contributed by atoms with E-state index in [1.165, 1.54) is 18.2 Å². The zero-order chi connectivity index (χ0) is 22.2. The molecule has 0 unspecified atom stereocenters. The van der Waals surface area contributed by atoms with Crippen LogP contribution < -0.4 is 14.4 Å². The molecule has 1 amide bonds. The molecule has 0 aliphatic carbocycles. The van der Waals surface area contributed by atoms with Crippen molar-refractivity contribution in [3.8, 4) is 17.2 Å². The van der Waals surface area contributed by atoms with Crippen LogP contribution in [0.25, 0.3) is 0 Å². The Morgan fingerprint density at radius 3 is 2.61 bits per heavy atom. The van der Waals surface area contributed by atoms with Gasteiger partial charge in [0.2, 0.25) is 0 Å². The third-order valence-corrected chi connectivity index (χ3v) is 5.49. The molecule has 2 aliphatic heterocycles. The van der Waals surface area contributed by atoms with E-state index in [0.29, 0.717) is 31.9 Å². The second kappa shape index (κ2) is 8.09. The maximum absolute atomic E-state index is 14.0. The number of ketones is 1. The number of Topliss-reactive ketones (excluding diaryl/α,β-unsaturated/α-hetero) is 1. The normalized spacial score (nSPS) is 17.7. The first-order valence-electron chi connectivity index (χ1n) is 10.2. The number of nitrogens with zero attached hydrogens (tertiary/aromatic N) is 2. The van der Waals surface area contributed by atoms with Gasteiger partial charge in [0.05, 0.1) is 12.1 Å². The molecule has 7 nitrogen and oxygen atoms in total. The summed E-state index contributed by atoms with van der Waals surface area (Å²) in [5, 5.41) is 10.2. The summed E-state index contributed by atoms with van der Waals surface area (Å²) in [7, 11) is 0. The van der Waals surface area contributed by atoms with E-state index >= 15 is 0 Å². The Kier molecular flexibility index (Phi) is 5.47. The molecule has 2 heterocycles. The number of hydrogen-bond donors (Lipinski definition) is 1. The van der Waals surface area contributed by atoms with Gasteiger partial charge in [-0.25, -0.2) is 4.39 Å². The Bertz CT molecular complexity index is 1020. The third-order valence-electron chi connectivity index (χ3n) is 5.49. The van der Waals surface area contributed by atoms with Gasteiger partial charge in [-0.15, -0.1) is 0 Å². The van der Waals surface area contributed by atoms with Gasteiger partial charge in [-0.2, -0.15) is 0 Å². The maximum atomic E-state index is 14.0. The van der Waals surface area contributed by atoms with E-state index in [0.717, 1.165) is 0 Å². The number of aromatic hydroxyl groups is 1. The molecule has 4 rings (SSSR count). The number of halogens is 1. The fourth-order valence-corrected chi connectivity index (χ4v) is 3.97. The Morgan fingerprint density at radius 2 is 1.90 bits per heavy atom. The molecule has 0 bridgehead atoms. The summed E-state index contributed by atoms with van der Waals surface area (Å²) in [6.45, 7) is 5.34. The van der Waals surface area contributed by atoms with Gasteiger partial charge in [-0.05, 0) is 26.0 Å². The Balaban J connectivity index is 1.36. The van der Waals surface area contributed by atoms with Gasteiger partial charge in [0.25, 0.3) is 5.91 Å². The predicted octanol–water partition coefficient (Wildman–Crippen LogP) is 3.00. The van der Waals surface area contributed by atoms with E-state index in [9.17, 15) is 19.1 Å². The van der Waals surface area contributed by atoms with Crippen molar-refractivity contribution in [3.05, 3.63) is 47.8 Å². The van der Waals surface area contributed by atoms with Crippen molar-refractivity contribution in [2.75, 3.05) is 37.7 Å². The average Bonchev–Trinajstić information content (AvgIpc) is 2.71. The Labute approximate surface area is 180 Å². The number of anilines is 1. The number of piperazine rings is 1. The summed E-state index contributed by atoms with van der Waals surface area (Å²) in [5.41, 5.74) is -0.00167. The number of amides is 1. The van der Waals surface area contributed by atoms with Gasteiger partial charge >= 0.3 is 0 Å². The number of phenols is 1. The highest BCUT2D eigenvalue weighted by Gasteiger charge is 2.35. The number of benzene rings is 2. The van der Waals surface area contributed by atoms with Gasteiger partial charge in [-0.3, -0.25) is 9.59 Å². The fourth-order valence-electron chi connectivity index (χ4n) is 3.97. The molecule has 31 heavy (non-hydrogen) atoms. The number of fused-ring (bicyclic) bond motifs is 1. The molecular weight excluding hydrogens is 403 g/mol. The number of phenolic OH excluding ortho intramolecular Hbond substituents is 1. The number of carbonyl (C=O) groups excluding carboxylic acids is 2. The quantitative estimate of drug-likeness (QED) is 0.807. The number of rotatable bonds is 4. The predicted molar refractivity (Wildman–Crippen MR) is 112 cm³/mol. The second-order valence-electron chi connectivity index (χ2n) is 8.39. The summed E-state index contributed by atoms with van der Waals surface area (Å²) in [6.07, 6.45) is 0.172. The van der Waals surface area contributed by atoms with E-state index < -0.39 is 5.60 Å². The van der Waals surface area contributed by atoms with E-state index in [4.69, 9.17) is 9.47 Å². The van der Waals surface area contributed by atoms with Crippen LogP contribution in [0, 0.1) is 5.82 Å². The summed E-state index contributed by atoms with van der Waals surface area (Å²) < 4.78 is 25.4. The summed E-state index contributed by atoms with van der Waals surface area (Å²) in [5.74, 6) is -0.398. The molecule has 0 aromatic heterocycles. The molecule has 0 radical (unpaired) electrons. The summed E-state index contributed by atoms with van der Waals surface area (Å²) >= 11 is 0. The van der Waals surface area contributed by atoms with Gasteiger partial charge in [-0.1, -0.05) is 12.1 Å². The third kappa shape index (κ3) is 4.42. The van der Waals surface area contributed by atoms with Gasteiger partial charge in [0, 0.05) is 38.3 Å².